The number of ketones is 1. The Kier molecular flexibility index (Phi) is 9.77. The van der Waals surface area contributed by atoms with Gasteiger partial charge in [-0.25, -0.2) is 4.98 Å². The average molecular weight is 537 g/mol. The van der Waals surface area contributed by atoms with Crippen LogP contribution in [0.15, 0.2) is 84.9 Å². The van der Waals surface area contributed by atoms with Crippen molar-refractivity contribution in [1.82, 2.24) is 19.4 Å². The minimum absolute atomic E-state index is 0.140. The first-order valence-electron chi connectivity index (χ1n) is 14.6. The van der Waals surface area contributed by atoms with Crippen molar-refractivity contribution in [2.75, 3.05) is 39.3 Å². The highest BCUT2D eigenvalue weighted by Crippen LogP contribution is 2.20. The fourth-order valence-electron chi connectivity index (χ4n) is 5.16. The van der Waals surface area contributed by atoms with Gasteiger partial charge in [0.15, 0.2) is 5.78 Å². The Morgan fingerprint density at radius 3 is 2.40 bits per heavy atom. The Morgan fingerprint density at radius 1 is 0.900 bits per heavy atom. The fraction of sp³-hybridized carbons (Fsp3) is 0.353. The number of nitrogens with zero attached hydrogens (tertiary/aromatic N) is 4. The highest BCUT2D eigenvalue weighted by Gasteiger charge is 2.20. The number of Topliss-reactive ketones (excluding diaryl/α,β-unsaturated/α-hetero) is 1. The van der Waals surface area contributed by atoms with Gasteiger partial charge >= 0.3 is 0 Å². The molecule has 208 valence electrons. The van der Waals surface area contributed by atoms with Crippen molar-refractivity contribution < 1.29 is 9.53 Å². The van der Waals surface area contributed by atoms with Crippen LogP contribution >= 0.6 is 0 Å². The number of piperazine rings is 1. The number of fused-ring (bicyclic) bond motifs is 1. The molecule has 1 fully saturated rings. The van der Waals surface area contributed by atoms with Crippen LogP contribution in [-0.2, 0) is 13.1 Å². The van der Waals surface area contributed by atoms with E-state index in [9.17, 15) is 4.79 Å². The number of ether oxygens (including phenoxy) is 1. The van der Waals surface area contributed by atoms with Gasteiger partial charge in [0.2, 0.25) is 0 Å². The molecule has 0 saturated carbocycles. The van der Waals surface area contributed by atoms with Crippen molar-refractivity contribution in [2.45, 2.75) is 39.3 Å². The largest absolute Gasteiger partial charge is 0.494 e. The van der Waals surface area contributed by atoms with Crippen LogP contribution in [0.3, 0.4) is 0 Å². The summed E-state index contributed by atoms with van der Waals surface area (Å²) in [5.74, 6) is 1.99. The zero-order valence-corrected chi connectivity index (χ0v) is 23.5. The predicted octanol–water partition coefficient (Wildman–Crippen LogP) is 6.32. The Labute approximate surface area is 237 Å². The normalized spacial score (nSPS) is 14.7. The molecule has 2 heterocycles. The molecule has 0 amide bonds. The molecule has 1 saturated heterocycles. The van der Waals surface area contributed by atoms with E-state index in [1.54, 1.807) is 0 Å². The first kappa shape index (κ1) is 27.8. The summed E-state index contributed by atoms with van der Waals surface area (Å²) in [6, 6.07) is 26.3. The highest BCUT2D eigenvalue weighted by molar-refractivity contribution is 5.96. The lowest BCUT2D eigenvalue weighted by molar-refractivity contribution is 0.0976. The third-order valence-electron chi connectivity index (χ3n) is 7.54. The third-order valence-corrected chi connectivity index (χ3v) is 7.54. The van der Waals surface area contributed by atoms with E-state index in [-0.39, 0.29) is 5.78 Å². The Hall–Kier alpha value is -3.74. The topological polar surface area (TPSA) is 50.6 Å². The van der Waals surface area contributed by atoms with Crippen LogP contribution in [0, 0.1) is 0 Å². The number of benzene rings is 3. The lowest BCUT2D eigenvalue weighted by Gasteiger charge is -2.34. The number of unbranched alkanes of at least 4 members (excludes halogenated alkanes) is 1. The second-order valence-electron chi connectivity index (χ2n) is 10.5. The number of carbonyl (C=O) groups excluding carboxylic acids is 1. The van der Waals surface area contributed by atoms with Gasteiger partial charge in [0, 0.05) is 51.3 Å². The summed E-state index contributed by atoms with van der Waals surface area (Å²) >= 11 is 0. The molecular weight excluding hydrogens is 496 g/mol. The van der Waals surface area contributed by atoms with Gasteiger partial charge in [-0.1, -0.05) is 68.0 Å². The average Bonchev–Trinajstić information content (AvgIpc) is 3.34. The van der Waals surface area contributed by atoms with E-state index in [1.807, 2.05) is 42.5 Å². The molecule has 6 heteroatoms. The van der Waals surface area contributed by atoms with Crippen LogP contribution in [0.1, 0.15) is 47.9 Å². The summed E-state index contributed by atoms with van der Waals surface area (Å²) in [5.41, 5.74) is 4.05. The molecule has 0 atom stereocenters. The van der Waals surface area contributed by atoms with Crippen LogP contribution in [-0.4, -0.2) is 64.5 Å². The van der Waals surface area contributed by atoms with E-state index in [2.05, 4.69) is 69.8 Å². The number of hydrogen-bond acceptors (Lipinski definition) is 5. The molecule has 5 rings (SSSR count). The van der Waals surface area contributed by atoms with Gasteiger partial charge in [-0.05, 0) is 48.4 Å². The minimum Gasteiger partial charge on any atom is -0.494 e. The number of hydrogen-bond donors (Lipinski definition) is 0. The molecule has 0 aliphatic carbocycles. The van der Waals surface area contributed by atoms with Crippen molar-refractivity contribution in [3.05, 3.63) is 102 Å². The summed E-state index contributed by atoms with van der Waals surface area (Å²) in [6.07, 6.45) is 7.03. The number of imidazole rings is 1. The molecule has 3 aromatic carbocycles. The van der Waals surface area contributed by atoms with Crippen molar-refractivity contribution >= 4 is 22.9 Å². The van der Waals surface area contributed by atoms with Crippen molar-refractivity contribution in [3.8, 4) is 5.75 Å². The smallest absolute Gasteiger partial charge is 0.164 e. The lowest BCUT2D eigenvalue weighted by Crippen LogP contribution is -2.46. The van der Waals surface area contributed by atoms with E-state index in [4.69, 9.17) is 9.72 Å². The van der Waals surface area contributed by atoms with E-state index < -0.39 is 0 Å². The maximum absolute atomic E-state index is 13.1. The number of aryl methyl sites for hydroxylation is 1. The molecule has 1 aliphatic heterocycles. The molecule has 6 nitrogen and oxygen atoms in total. The second-order valence-corrected chi connectivity index (χ2v) is 10.5. The van der Waals surface area contributed by atoms with E-state index in [0.29, 0.717) is 19.6 Å². The zero-order valence-electron chi connectivity index (χ0n) is 23.5. The summed E-state index contributed by atoms with van der Waals surface area (Å²) in [6.45, 7) is 9.32. The third kappa shape index (κ3) is 7.46. The Morgan fingerprint density at radius 2 is 1.62 bits per heavy atom. The van der Waals surface area contributed by atoms with E-state index in [0.717, 1.165) is 80.3 Å². The first-order valence-corrected chi connectivity index (χ1v) is 14.6. The highest BCUT2D eigenvalue weighted by atomic mass is 16.5. The maximum atomic E-state index is 13.1. The molecule has 0 bridgehead atoms. The van der Waals surface area contributed by atoms with Crippen LogP contribution in [0.2, 0.25) is 0 Å². The molecular formula is C34H40N4O2. The molecule has 0 N–H and O–H groups in total. The van der Waals surface area contributed by atoms with Gasteiger partial charge < -0.3 is 9.30 Å². The number of aromatic nitrogens is 2. The molecule has 0 unspecified atom stereocenters. The molecule has 1 aliphatic rings. The quantitative estimate of drug-likeness (QED) is 0.148. The number of rotatable bonds is 13. The lowest BCUT2D eigenvalue weighted by atomic mass is 10.1. The van der Waals surface area contributed by atoms with Crippen LogP contribution < -0.4 is 4.74 Å². The van der Waals surface area contributed by atoms with Crippen molar-refractivity contribution in [3.63, 3.8) is 0 Å². The van der Waals surface area contributed by atoms with Gasteiger partial charge in [0.25, 0.3) is 0 Å². The van der Waals surface area contributed by atoms with E-state index in [1.165, 1.54) is 5.56 Å². The van der Waals surface area contributed by atoms with Gasteiger partial charge in [-0.2, -0.15) is 0 Å². The summed E-state index contributed by atoms with van der Waals surface area (Å²) in [5, 5.41) is 0. The van der Waals surface area contributed by atoms with Gasteiger partial charge in [0.1, 0.15) is 11.6 Å². The minimum atomic E-state index is 0.140. The number of para-hydroxylation sites is 2. The predicted molar refractivity (Wildman–Crippen MR) is 163 cm³/mol. The van der Waals surface area contributed by atoms with Crippen LogP contribution in [0.25, 0.3) is 17.1 Å². The fourth-order valence-corrected chi connectivity index (χ4v) is 5.16. The molecule has 4 aromatic rings. The van der Waals surface area contributed by atoms with Crippen molar-refractivity contribution in [2.24, 2.45) is 0 Å². The SMILES string of the molecule is CCCCOc1ccc(C(=O)CCn2c(CN3CCN(C/C=C/c4ccccc4)CC3)nc3ccccc32)cc1. The first-order chi connectivity index (χ1) is 19.7. The number of carbonyl (C=O) groups is 1. The van der Waals surface area contributed by atoms with Gasteiger partial charge in [0.05, 0.1) is 24.2 Å². The Bertz CT molecular complexity index is 1390. The zero-order chi connectivity index (χ0) is 27.6. The second kappa shape index (κ2) is 14.1. The summed E-state index contributed by atoms with van der Waals surface area (Å²) in [4.78, 5) is 23.0. The monoisotopic (exact) mass is 536 g/mol. The van der Waals surface area contributed by atoms with Crippen LogP contribution in [0.4, 0.5) is 0 Å². The van der Waals surface area contributed by atoms with Gasteiger partial charge in [-0.3, -0.25) is 14.6 Å². The van der Waals surface area contributed by atoms with Crippen molar-refractivity contribution in [1.29, 1.82) is 0 Å². The molecule has 40 heavy (non-hydrogen) atoms. The van der Waals surface area contributed by atoms with Crippen LogP contribution in [0.5, 0.6) is 5.75 Å². The van der Waals surface area contributed by atoms with Gasteiger partial charge in [-0.15, -0.1) is 0 Å². The maximum Gasteiger partial charge on any atom is 0.164 e. The molecule has 0 radical (unpaired) electrons. The standard InChI is InChI=1S/C34H40N4O2/c1-2-3-26-40-30-17-15-29(16-18-30)33(39)19-21-38-32-14-8-7-13-31(32)35-34(38)27-37-24-22-36(23-25-37)20-9-12-28-10-5-4-6-11-28/h4-18H,2-3,19-27H2,1H3/b12-9+. The summed E-state index contributed by atoms with van der Waals surface area (Å²) < 4.78 is 7.99. The Balaban J connectivity index is 1.17. The van der Waals surface area contributed by atoms with E-state index >= 15 is 0 Å². The molecule has 0 spiro atoms. The molecule has 1 aromatic heterocycles. The summed E-state index contributed by atoms with van der Waals surface area (Å²) in [7, 11) is 0.